The lowest BCUT2D eigenvalue weighted by Gasteiger charge is -2.00. The molecule has 0 radical (unpaired) electrons. The van der Waals surface area contributed by atoms with Gasteiger partial charge < -0.3 is 4.42 Å². The summed E-state index contributed by atoms with van der Waals surface area (Å²) in [5, 5.41) is 0. The van der Waals surface area contributed by atoms with E-state index in [9.17, 15) is 0 Å². The fourth-order valence-electron chi connectivity index (χ4n) is 1.47. The molecule has 4 heteroatoms. The van der Waals surface area contributed by atoms with Gasteiger partial charge in [0.25, 0.3) is 0 Å². The first-order chi connectivity index (χ1) is 6.95. The van der Waals surface area contributed by atoms with Crippen molar-refractivity contribution in [2.75, 3.05) is 0 Å². The van der Waals surface area contributed by atoms with Gasteiger partial charge in [-0.05, 0) is 6.07 Å². The van der Waals surface area contributed by atoms with Crippen LogP contribution in [0.15, 0.2) is 47.8 Å². The number of hydrogen-bond donors (Lipinski definition) is 0. The smallest absolute Gasteiger partial charge is 0.155 e. The fraction of sp³-hybridized carbons (Fsp3) is 0. The van der Waals surface area contributed by atoms with Gasteiger partial charge in [-0.25, -0.2) is 4.98 Å². The lowest BCUT2D eigenvalue weighted by atomic mass is 10.2. The molecule has 0 unspecified atom stereocenters. The molecule has 14 heavy (non-hydrogen) atoms. The number of hydrogen-bond acceptors (Lipinski definition) is 3. The first kappa shape index (κ1) is 7.32. The van der Waals surface area contributed by atoms with Crippen molar-refractivity contribution in [2.45, 2.75) is 0 Å². The van der Waals surface area contributed by atoms with Gasteiger partial charge in [0, 0.05) is 18.0 Å². The van der Waals surface area contributed by atoms with Crippen LogP contribution in [0.4, 0.5) is 0 Å². The second kappa shape index (κ2) is 2.70. The first-order valence-electron chi connectivity index (χ1n) is 4.25. The Kier molecular flexibility index (Phi) is 1.41. The maximum Gasteiger partial charge on any atom is 0.155 e. The summed E-state index contributed by atoms with van der Waals surface area (Å²) in [5.41, 5.74) is 2.82. The van der Waals surface area contributed by atoms with Crippen LogP contribution in [0.25, 0.3) is 16.9 Å². The van der Waals surface area contributed by atoms with Crippen molar-refractivity contribution < 1.29 is 4.42 Å². The normalized spacial score (nSPS) is 10.9. The molecule has 0 saturated carbocycles. The van der Waals surface area contributed by atoms with Crippen LogP contribution in [0.3, 0.4) is 0 Å². The zero-order valence-electron chi connectivity index (χ0n) is 7.29. The molecule has 68 valence electrons. The summed E-state index contributed by atoms with van der Waals surface area (Å²) < 4.78 is 7.00. The van der Waals surface area contributed by atoms with Crippen molar-refractivity contribution in [1.82, 2.24) is 14.4 Å². The molecule has 3 rings (SSSR count). The quantitative estimate of drug-likeness (QED) is 0.582. The van der Waals surface area contributed by atoms with E-state index in [0.717, 1.165) is 16.9 Å². The molecule has 0 amide bonds. The Labute approximate surface area is 79.8 Å². The van der Waals surface area contributed by atoms with Gasteiger partial charge in [0.05, 0.1) is 30.6 Å². The van der Waals surface area contributed by atoms with E-state index in [4.69, 9.17) is 4.42 Å². The molecule has 4 nitrogen and oxygen atoms in total. The van der Waals surface area contributed by atoms with E-state index in [1.54, 1.807) is 31.1 Å². The van der Waals surface area contributed by atoms with E-state index in [0.29, 0.717) is 0 Å². The molecule has 3 heterocycles. The number of fused-ring (bicyclic) bond motifs is 1. The van der Waals surface area contributed by atoms with Crippen LogP contribution < -0.4 is 0 Å². The molecule has 0 saturated heterocycles. The minimum Gasteiger partial charge on any atom is -0.472 e. The molecule has 0 aliphatic carbocycles. The van der Waals surface area contributed by atoms with Gasteiger partial charge >= 0.3 is 0 Å². The molecule has 3 aromatic rings. The predicted molar refractivity (Wildman–Crippen MR) is 50.7 cm³/mol. The number of aromatic nitrogens is 3. The maximum absolute atomic E-state index is 5.03. The average molecular weight is 185 g/mol. The van der Waals surface area contributed by atoms with Crippen LogP contribution in [-0.4, -0.2) is 14.4 Å². The SMILES string of the molecule is c1cn2c(-c3ccoc3)cncc2n1. The summed E-state index contributed by atoms with van der Waals surface area (Å²) in [5.74, 6) is 0. The molecule has 0 bridgehead atoms. The van der Waals surface area contributed by atoms with Crippen LogP contribution in [0.1, 0.15) is 0 Å². The number of nitrogens with zero attached hydrogens (tertiary/aromatic N) is 3. The van der Waals surface area contributed by atoms with Gasteiger partial charge in [-0.2, -0.15) is 0 Å². The summed E-state index contributed by atoms with van der Waals surface area (Å²) in [7, 11) is 0. The molecule has 0 aliphatic rings. The van der Waals surface area contributed by atoms with Crippen molar-refractivity contribution >= 4 is 5.65 Å². The summed E-state index contributed by atoms with van der Waals surface area (Å²) in [6.07, 6.45) is 10.5. The van der Waals surface area contributed by atoms with E-state index in [1.807, 2.05) is 16.7 Å². The van der Waals surface area contributed by atoms with Crippen molar-refractivity contribution in [3.63, 3.8) is 0 Å². The third-order valence-corrected chi connectivity index (χ3v) is 2.13. The Morgan fingerprint density at radius 3 is 3.14 bits per heavy atom. The summed E-state index contributed by atoms with van der Waals surface area (Å²) in [6.45, 7) is 0. The van der Waals surface area contributed by atoms with Gasteiger partial charge in [0.15, 0.2) is 5.65 Å². The van der Waals surface area contributed by atoms with Crippen LogP contribution in [0, 0.1) is 0 Å². The first-order valence-corrected chi connectivity index (χ1v) is 4.25. The molecule has 3 aromatic heterocycles. The highest BCUT2D eigenvalue weighted by Crippen LogP contribution is 2.19. The Bertz CT molecular complexity index is 554. The van der Waals surface area contributed by atoms with Crippen LogP contribution in [0.2, 0.25) is 0 Å². The number of furan rings is 1. The second-order valence-electron chi connectivity index (χ2n) is 2.96. The van der Waals surface area contributed by atoms with Crippen LogP contribution in [-0.2, 0) is 0 Å². The highest BCUT2D eigenvalue weighted by Gasteiger charge is 2.04. The van der Waals surface area contributed by atoms with Gasteiger partial charge in [0.1, 0.15) is 0 Å². The Morgan fingerprint density at radius 1 is 1.29 bits per heavy atom. The fourth-order valence-corrected chi connectivity index (χ4v) is 1.47. The number of imidazole rings is 1. The molecule has 0 aliphatic heterocycles. The molecule has 0 aromatic carbocycles. The summed E-state index contributed by atoms with van der Waals surface area (Å²) in [6, 6.07) is 1.90. The van der Waals surface area contributed by atoms with Gasteiger partial charge in [-0.3, -0.25) is 9.38 Å². The minimum atomic E-state index is 0.837. The molecule has 0 atom stereocenters. The van der Waals surface area contributed by atoms with Gasteiger partial charge in [-0.1, -0.05) is 0 Å². The van der Waals surface area contributed by atoms with E-state index in [-0.39, 0.29) is 0 Å². The van der Waals surface area contributed by atoms with Crippen LogP contribution in [0.5, 0.6) is 0 Å². The Balaban J connectivity index is 2.36. The second-order valence-corrected chi connectivity index (χ2v) is 2.96. The lowest BCUT2D eigenvalue weighted by molar-refractivity contribution is 0.568. The van der Waals surface area contributed by atoms with Crippen molar-refractivity contribution in [3.8, 4) is 11.3 Å². The highest BCUT2D eigenvalue weighted by molar-refractivity contribution is 5.60. The van der Waals surface area contributed by atoms with E-state index >= 15 is 0 Å². The molecular weight excluding hydrogens is 178 g/mol. The molecular formula is C10H7N3O. The largest absolute Gasteiger partial charge is 0.472 e. The number of rotatable bonds is 1. The van der Waals surface area contributed by atoms with Crippen molar-refractivity contribution in [2.24, 2.45) is 0 Å². The monoisotopic (exact) mass is 185 g/mol. The molecule has 0 spiro atoms. The van der Waals surface area contributed by atoms with Gasteiger partial charge in [0.2, 0.25) is 0 Å². The summed E-state index contributed by atoms with van der Waals surface area (Å²) in [4.78, 5) is 8.28. The Morgan fingerprint density at radius 2 is 2.29 bits per heavy atom. The average Bonchev–Trinajstić information content (AvgIpc) is 2.88. The zero-order valence-corrected chi connectivity index (χ0v) is 7.29. The summed E-state index contributed by atoms with van der Waals surface area (Å²) >= 11 is 0. The standard InChI is InChI=1S/C10H7N3O/c1-4-14-7-8(1)9-5-11-6-10-12-2-3-13(9)10/h1-7H. The minimum absolute atomic E-state index is 0.837. The Hall–Kier alpha value is -2.10. The lowest BCUT2D eigenvalue weighted by Crippen LogP contribution is -1.90. The third kappa shape index (κ3) is 0.939. The predicted octanol–water partition coefficient (Wildman–Crippen LogP) is 1.99. The maximum atomic E-state index is 5.03. The van der Waals surface area contributed by atoms with E-state index < -0.39 is 0 Å². The van der Waals surface area contributed by atoms with Crippen LogP contribution >= 0.6 is 0 Å². The van der Waals surface area contributed by atoms with Crippen molar-refractivity contribution in [3.05, 3.63) is 43.4 Å². The molecule has 0 N–H and O–H groups in total. The van der Waals surface area contributed by atoms with Crippen molar-refractivity contribution in [1.29, 1.82) is 0 Å². The highest BCUT2D eigenvalue weighted by atomic mass is 16.3. The topological polar surface area (TPSA) is 43.3 Å². The molecule has 0 fully saturated rings. The van der Waals surface area contributed by atoms with E-state index in [2.05, 4.69) is 9.97 Å². The zero-order chi connectivity index (χ0) is 9.38. The van der Waals surface area contributed by atoms with Gasteiger partial charge in [-0.15, -0.1) is 0 Å². The third-order valence-electron chi connectivity index (χ3n) is 2.13. The van der Waals surface area contributed by atoms with E-state index in [1.165, 1.54) is 0 Å².